The van der Waals surface area contributed by atoms with Gasteiger partial charge in [0.05, 0.1) is 12.2 Å². The first kappa shape index (κ1) is 26.8. The Morgan fingerprint density at radius 1 is 0.686 bits per heavy atom. The van der Waals surface area contributed by atoms with Crippen LogP contribution in [0.15, 0.2) is 54.9 Å². The van der Waals surface area contributed by atoms with Gasteiger partial charge >= 0.3 is 0 Å². The molecule has 1 heterocycles. The number of aromatic nitrogens is 2. The van der Waals surface area contributed by atoms with Crippen LogP contribution in [0.3, 0.4) is 0 Å². The topological polar surface area (TPSA) is 35.0 Å². The molecule has 3 rings (SSSR count). The zero-order valence-corrected chi connectivity index (χ0v) is 21.6. The lowest BCUT2D eigenvalue weighted by molar-refractivity contribution is 0.303. The van der Waals surface area contributed by atoms with Crippen molar-refractivity contribution in [2.75, 3.05) is 6.61 Å². The monoisotopic (exact) mass is 476 g/mol. The molecule has 0 aliphatic rings. The van der Waals surface area contributed by atoms with E-state index in [-0.39, 0.29) is 5.82 Å². The summed E-state index contributed by atoms with van der Waals surface area (Å²) in [6.45, 7) is 5.08. The predicted molar refractivity (Wildman–Crippen MR) is 144 cm³/mol. The Morgan fingerprint density at radius 2 is 1.31 bits per heavy atom. The van der Waals surface area contributed by atoms with Crippen LogP contribution in [0.4, 0.5) is 4.39 Å². The Labute approximate surface area is 211 Å². The molecule has 0 fully saturated rings. The van der Waals surface area contributed by atoms with Gasteiger partial charge in [-0.1, -0.05) is 95.9 Å². The van der Waals surface area contributed by atoms with Crippen molar-refractivity contribution in [1.29, 1.82) is 0 Å². The second-order valence-electron chi connectivity index (χ2n) is 9.41. The van der Waals surface area contributed by atoms with E-state index in [4.69, 9.17) is 4.74 Å². The SMILES string of the molecule is CCCCCCCCOc1ccc(-c2ncc(-c3ccc(CCCCCCC)cc3)cn2)c(F)c1. The van der Waals surface area contributed by atoms with E-state index in [1.165, 1.54) is 69.4 Å². The molecular formula is C31H41FN2O. The van der Waals surface area contributed by atoms with Crippen molar-refractivity contribution in [2.45, 2.75) is 90.9 Å². The first-order chi connectivity index (χ1) is 17.2. The number of hydrogen-bond donors (Lipinski definition) is 0. The van der Waals surface area contributed by atoms with Gasteiger partial charge in [-0.25, -0.2) is 14.4 Å². The Kier molecular flexibility index (Phi) is 11.7. The summed E-state index contributed by atoms with van der Waals surface area (Å²) in [5.74, 6) is 0.584. The van der Waals surface area contributed by atoms with Gasteiger partial charge in [-0.05, 0) is 42.5 Å². The van der Waals surface area contributed by atoms with Crippen molar-refractivity contribution in [3.63, 3.8) is 0 Å². The fourth-order valence-electron chi connectivity index (χ4n) is 4.25. The second-order valence-corrected chi connectivity index (χ2v) is 9.41. The van der Waals surface area contributed by atoms with Gasteiger partial charge in [-0.2, -0.15) is 0 Å². The Hall–Kier alpha value is -2.75. The van der Waals surface area contributed by atoms with Crippen LogP contribution in [0.1, 0.15) is 90.0 Å². The molecule has 3 aromatic rings. The molecule has 0 N–H and O–H groups in total. The van der Waals surface area contributed by atoms with Gasteiger partial charge < -0.3 is 4.74 Å². The van der Waals surface area contributed by atoms with Crippen molar-refractivity contribution in [1.82, 2.24) is 9.97 Å². The summed E-state index contributed by atoms with van der Waals surface area (Å²) < 4.78 is 20.5. The highest BCUT2D eigenvalue weighted by molar-refractivity contribution is 5.64. The van der Waals surface area contributed by atoms with E-state index in [2.05, 4.69) is 48.1 Å². The molecule has 0 saturated heterocycles. The number of rotatable bonds is 16. The fourth-order valence-corrected chi connectivity index (χ4v) is 4.25. The Bertz CT molecular complexity index is 986. The summed E-state index contributed by atoms with van der Waals surface area (Å²) in [7, 11) is 0. The fraction of sp³-hybridized carbons (Fsp3) is 0.484. The van der Waals surface area contributed by atoms with Crippen molar-refractivity contribution in [3.05, 3.63) is 66.2 Å². The lowest BCUT2D eigenvalue weighted by Crippen LogP contribution is -1.99. The third-order valence-electron chi connectivity index (χ3n) is 6.46. The molecule has 0 aliphatic carbocycles. The van der Waals surface area contributed by atoms with E-state index in [9.17, 15) is 4.39 Å². The van der Waals surface area contributed by atoms with Crippen LogP contribution in [-0.2, 0) is 6.42 Å². The number of aryl methyl sites for hydroxylation is 1. The molecule has 0 saturated carbocycles. The summed E-state index contributed by atoms with van der Waals surface area (Å²) in [5.41, 5.74) is 3.76. The lowest BCUT2D eigenvalue weighted by atomic mass is 10.0. The van der Waals surface area contributed by atoms with Crippen molar-refractivity contribution >= 4 is 0 Å². The number of halogens is 1. The number of unbranched alkanes of at least 4 members (excludes halogenated alkanes) is 9. The van der Waals surface area contributed by atoms with Gasteiger partial charge in [0, 0.05) is 24.0 Å². The summed E-state index contributed by atoms with van der Waals surface area (Å²) in [4.78, 5) is 8.87. The highest BCUT2D eigenvalue weighted by Gasteiger charge is 2.10. The average Bonchev–Trinajstić information content (AvgIpc) is 2.89. The zero-order chi connectivity index (χ0) is 24.7. The highest BCUT2D eigenvalue weighted by atomic mass is 19.1. The molecule has 4 heteroatoms. The Morgan fingerprint density at radius 3 is 1.97 bits per heavy atom. The molecule has 0 spiro atoms. The Balaban J connectivity index is 1.51. The molecule has 35 heavy (non-hydrogen) atoms. The van der Waals surface area contributed by atoms with Gasteiger partial charge in [0.15, 0.2) is 5.82 Å². The van der Waals surface area contributed by atoms with E-state index >= 15 is 0 Å². The molecule has 0 atom stereocenters. The van der Waals surface area contributed by atoms with E-state index in [0.29, 0.717) is 23.7 Å². The van der Waals surface area contributed by atoms with Crippen LogP contribution >= 0.6 is 0 Å². The van der Waals surface area contributed by atoms with E-state index in [1.54, 1.807) is 24.5 Å². The smallest absolute Gasteiger partial charge is 0.162 e. The summed E-state index contributed by atoms with van der Waals surface area (Å²) in [6.07, 6.45) is 18.4. The number of hydrogen-bond acceptors (Lipinski definition) is 3. The molecule has 2 aromatic carbocycles. The first-order valence-electron chi connectivity index (χ1n) is 13.5. The van der Waals surface area contributed by atoms with Crippen molar-refractivity contribution < 1.29 is 9.13 Å². The third-order valence-corrected chi connectivity index (χ3v) is 6.46. The van der Waals surface area contributed by atoms with E-state index in [0.717, 1.165) is 30.4 Å². The number of ether oxygens (including phenoxy) is 1. The zero-order valence-electron chi connectivity index (χ0n) is 21.6. The van der Waals surface area contributed by atoms with Gasteiger partial charge in [0.1, 0.15) is 11.6 Å². The first-order valence-corrected chi connectivity index (χ1v) is 13.5. The van der Waals surface area contributed by atoms with Crippen molar-refractivity contribution in [2.24, 2.45) is 0 Å². The van der Waals surface area contributed by atoms with Crippen LogP contribution in [0.5, 0.6) is 5.75 Å². The average molecular weight is 477 g/mol. The highest BCUT2D eigenvalue weighted by Crippen LogP contribution is 2.26. The van der Waals surface area contributed by atoms with E-state index in [1.807, 2.05) is 0 Å². The summed E-state index contributed by atoms with van der Waals surface area (Å²) >= 11 is 0. The van der Waals surface area contributed by atoms with Crippen LogP contribution < -0.4 is 4.74 Å². The standard InChI is InChI=1S/C31H41FN2O/c1-3-5-7-9-11-13-21-35-28-19-20-29(30(32)22-28)31-33-23-27(24-34-31)26-17-15-25(16-18-26)14-12-10-8-6-4-2/h15-20,22-24H,3-14,21H2,1-2H3. The molecule has 0 aliphatic heterocycles. The molecule has 188 valence electrons. The third kappa shape index (κ3) is 9.08. The van der Waals surface area contributed by atoms with E-state index < -0.39 is 0 Å². The lowest BCUT2D eigenvalue weighted by Gasteiger charge is -2.09. The molecule has 0 unspecified atom stereocenters. The molecule has 0 radical (unpaired) electrons. The molecule has 3 nitrogen and oxygen atoms in total. The maximum Gasteiger partial charge on any atom is 0.162 e. The van der Waals surface area contributed by atoms with Crippen LogP contribution in [0, 0.1) is 5.82 Å². The number of nitrogens with zero attached hydrogens (tertiary/aromatic N) is 2. The normalized spacial score (nSPS) is 11.1. The molecule has 1 aromatic heterocycles. The van der Waals surface area contributed by atoms with Gasteiger partial charge in [0.25, 0.3) is 0 Å². The maximum absolute atomic E-state index is 14.7. The van der Waals surface area contributed by atoms with Crippen LogP contribution in [0.2, 0.25) is 0 Å². The van der Waals surface area contributed by atoms with Gasteiger partial charge in [-0.3, -0.25) is 0 Å². The maximum atomic E-state index is 14.7. The van der Waals surface area contributed by atoms with Crippen LogP contribution in [-0.4, -0.2) is 16.6 Å². The molecule has 0 amide bonds. The minimum Gasteiger partial charge on any atom is -0.493 e. The predicted octanol–water partition coefficient (Wildman–Crippen LogP) is 9.20. The second kappa shape index (κ2) is 15.3. The van der Waals surface area contributed by atoms with Gasteiger partial charge in [0.2, 0.25) is 0 Å². The largest absolute Gasteiger partial charge is 0.493 e. The number of benzene rings is 2. The summed E-state index contributed by atoms with van der Waals surface area (Å²) in [6, 6.07) is 13.6. The molecular weight excluding hydrogens is 435 g/mol. The van der Waals surface area contributed by atoms with Crippen LogP contribution in [0.25, 0.3) is 22.5 Å². The van der Waals surface area contributed by atoms with Crippen molar-refractivity contribution in [3.8, 4) is 28.3 Å². The molecule has 0 bridgehead atoms. The minimum absolute atomic E-state index is 0.360. The van der Waals surface area contributed by atoms with Gasteiger partial charge in [-0.15, -0.1) is 0 Å². The summed E-state index contributed by atoms with van der Waals surface area (Å²) in [5, 5.41) is 0. The quantitative estimate of drug-likeness (QED) is 0.193. The minimum atomic E-state index is -0.360.